The van der Waals surface area contributed by atoms with Gasteiger partial charge in [0.15, 0.2) is 0 Å². The highest BCUT2D eigenvalue weighted by Crippen LogP contribution is 2.30. The molecule has 1 unspecified atom stereocenters. The standard InChI is InChI=1S/C17H25FN2O/c1-13(14-8-4-5-9-15(14)18)20(2)16(21)12-17(19)10-6-3-7-11-17/h4-5,8-9,13H,3,6-7,10-12,19H2,1-2H3. The van der Waals surface area contributed by atoms with Crippen LogP contribution >= 0.6 is 0 Å². The van der Waals surface area contributed by atoms with E-state index in [1.807, 2.05) is 6.92 Å². The Labute approximate surface area is 126 Å². The molecule has 0 bridgehead atoms. The van der Waals surface area contributed by atoms with Crippen molar-refractivity contribution in [2.45, 2.75) is 57.0 Å². The van der Waals surface area contributed by atoms with Crippen molar-refractivity contribution in [1.29, 1.82) is 0 Å². The van der Waals surface area contributed by atoms with Gasteiger partial charge in [-0.25, -0.2) is 4.39 Å². The first-order chi connectivity index (χ1) is 9.93. The molecule has 0 heterocycles. The van der Waals surface area contributed by atoms with Crippen molar-refractivity contribution in [2.24, 2.45) is 5.73 Å². The summed E-state index contributed by atoms with van der Waals surface area (Å²) in [5.74, 6) is -0.278. The highest BCUT2D eigenvalue weighted by atomic mass is 19.1. The van der Waals surface area contributed by atoms with Crippen molar-refractivity contribution in [3.63, 3.8) is 0 Å². The Kier molecular flexibility index (Phi) is 4.99. The normalized spacial score (nSPS) is 19.0. The lowest BCUT2D eigenvalue weighted by Crippen LogP contribution is -2.46. The molecule has 0 radical (unpaired) electrons. The maximum Gasteiger partial charge on any atom is 0.224 e. The van der Waals surface area contributed by atoms with Gasteiger partial charge in [-0.3, -0.25) is 4.79 Å². The van der Waals surface area contributed by atoms with Gasteiger partial charge in [-0.2, -0.15) is 0 Å². The maximum absolute atomic E-state index is 13.8. The lowest BCUT2D eigenvalue weighted by Gasteiger charge is -2.35. The molecule has 1 aliphatic rings. The van der Waals surface area contributed by atoms with Crippen LogP contribution in [0.5, 0.6) is 0 Å². The molecule has 0 spiro atoms. The molecular formula is C17H25FN2O. The molecule has 0 aliphatic heterocycles. The molecule has 0 aromatic heterocycles. The van der Waals surface area contributed by atoms with Gasteiger partial charge >= 0.3 is 0 Å². The molecule has 1 atom stereocenters. The Morgan fingerprint density at radius 3 is 2.57 bits per heavy atom. The van der Waals surface area contributed by atoms with Crippen molar-refractivity contribution in [1.82, 2.24) is 4.90 Å². The number of nitrogens with zero attached hydrogens (tertiary/aromatic N) is 1. The van der Waals surface area contributed by atoms with Crippen LogP contribution in [0.15, 0.2) is 24.3 Å². The quantitative estimate of drug-likeness (QED) is 0.924. The Morgan fingerprint density at radius 2 is 1.95 bits per heavy atom. The topological polar surface area (TPSA) is 46.3 Å². The van der Waals surface area contributed by atoms with Gasteiger partial charge in [0.25, 0.3) is 0 Å². The summed E-state index contributed by atoms with van der Waals surface area (Å²) < 4.78 is 13.8. The highest BCUT2D eigenvalue weighted by Gasteiger charge is 2.32. The molecule has 116 valence electrons. The second kappa shape index (κ2) is 6.56. The van der Waals surface area contributed by atoms with Crippen LogP contribution < -0.4 is 5.73 Å². The monoisotopic (exact) mass is 292 g/mol. The van der Waals surface area contributed by atoms with Crippen LogP contribution in [0.25, 0.3) is 0 Å². The maximum atomic E-state index is 13.8. The predicted octanol–water partition coefficient (Wildman–Crippen LogP) is 3.40. The fourth-order valence-electron chi connectivity index (χ4n) is 3.10. The van der Waals surface area contributed by atoms with Crippen molar-refractivity contribution in [2.75, 3.05) is 7.05 Å². The van der Waals surface area contributed by atoms with Gasteiger partial charge in [-0.05, 0) is 25.8 Å². The summed E-state index contributed by atoms with van der Waals surface area (Å²) in [6, 6.07) is 6.31. The van der Waals surface area contributed by atoms with Crippen molar-refractivity contribution in [3.8, 4) is 0 Å². The average molecular weight is 292 g/mol. The third kappa shape index (κ3) is 3.82. The van der Waals surface area contributed by atoms with E-state index in [9.17, 15) is 9.18 Å². The zero-order valence-corrected chi connectivity index (χ0v) is 12.9. The van der Waals surface area contributed by atoms with E-state index in [1.54, 1.807) is 30.1 Å². The van der Waals surface area contributed by atoms with E-state index < -0.39 is 0 Å². The van der Waals surface area contributed by atoms with Gasteiger partial charge in [0.2, 0.25) is 5.91 Å². The van der Waals surface area contributed by atoms with Crippen LogP contribution in [0.4, 0.5) is 4.39 Å². The molecule has 4 heteroatoms. The van der Waals surface area contributed by atoms with Crippen LogP contribution in [-0.2, 0) is 4.79 Å². The van der Waals surface area contributed by atoms with E-state index in [1.165, 1.54) is 12.5 Å². The van der Waals surface area contributed by atoms with Crippen LogP contribution in [0.3, 0.4) is 0 Å². The van der Waals surface area contributed by atoms with Crippen molar-refractivity contribution in [3.05, 3.63) is 35.6 Å². The summed E-state index contributed by atoms with van der Waals surface area (Å²) in [6.45, 7) is 1.85. The number of rotatable bonds is 4. The third-order valence-electron chi connectivity index (χ3n) is 4.68. The van der Waals surface area contributed by atoms with Crippen molar-refractivity contribution >= 4 is 5.91 Å². The van der Waals surface area contributed by atoms with Gasteiger partial charge in [-0.1, -0.05) is 37.5 Å². The van der Waals surface area contributed by atoms with Gasteiger partial charge < -0.3 is 10.6 Å². The Bertz CT molecular complexity index is 497. The summed E-state index contributed by atoms with van der Waals surface area (Å²) in [5, 5.41) is 0. The second-order valence-corrected chi connectivity index (χ2v) is 6.30. The Morgan fingerprint density at radius 1 is 1.33 bits per heavy atom. The molecule has 3 nitrogen and oxygen atoms in total. The van der Waals surface area contributed by atoms with Gasteiger partial charge in [0.1, 0.15) is 5.82 Å². The summed E-state index contributed by atoms with van der Waals surface area (Å²) >= 11 is 0. The summed E-state index contributed by atoms with van der Waals surface area (Å²) in [5.41, 5.74) is 6.51. The zero-order chi connectivity index (χ0) is 15.5. The smallest absolute Gasteiger partial charge is 0.224 e. The van der Waals surface area contributed by atoms with E-state index in [4.69, 9.17) is 5.73 Å². The predicted molar refractivity (Wildman–Crippen MR) is 82.2 cm³/mol. The first kappa shape index (κ1) is 16.0. The van der Waals surface area contributed by atoms with E-state index in [-0.39, 0.29) is 23.3 Å². The molecule has 2 rings (SSSR count). The third-order valence-corrected chi connectivity index (χ3v) is 4.68. The average Bonchev–Trinajstić information content (AvgIpc) is 2.46. The molecular weight excluding hydrogens is 267 g/mol. The molecule has 1 saturated carbocycles. The zero-order valence-electron chi connectivity index (χ0n) is 12.9. The minimum Gasteiger partial charge on any atom is -0.339 e. The number of hydrogen-bond donors (Lipinski definition) is 1. The number of carbonyl (C=O) groups is 1. The number of carbonyl (C=O) groups excluding carboxylic acids is 1. The Balaban J connectivity index is 2.03. The van der Waals surface area contributed by atoms with E-state index in [0.29, 0.717) is 12.0 Å². The number of halogens is 1. The molecule has 2 N–H and O–H groups in total. The largest absolute Gasteiger partial charge is 0.339 e. The molecule has 1 aliphatic carbocycles. The SMILES string of the molecule is CC(c1ccccc1F)N(C)C(=O)CC1(N)CCCCC1. The molecule has 1 amide bonds. The lowest BCUT2D eigenvalue weighted by atomic mass is 9.80. The van der Waals surface area contributed by atoms with Crippen LogP contribution in [0, 0.1) is 5.82 Å². The lowest BCUT2D eigenvalue weighted by molar-refractivity contribution is -0.133. The minimum absolute atomic E-state index is 0.00449. The summed E-state index contributed by atoms with van der Waals surface area (Å²) in [4.78, 5) is 14.1. The van der Waals surface area contributed by atoms with E-state index >= 15 is 0 Å². The first-order valence-corrected chi connectivity index (χ1v) is 7.72. The van der Waals surface area contributed by atoms with E-state index in [2.05, 4.69) is 0 Å². The van der Waals surface area contributed by atoms with Gasteiger partial charge in [0.05, 0.1) is 6.04 Å². The second-order valence-electron chi connectivity index (χ2n) is 6.30. The number of benzene rings is 1. The Hall–Kier alpha value is -1.42. The van der Waals surface area contributed by atoms with Crippen LogP contribution in [0.2, 0.25) is 0 Å². The van der Waals surface area contributed by atoms with E-state index in [0.717, 1.165) is 25.7 Å². The molecule has 0 saturated heterocycles. The summed E-state index contributed by atoms with van der Waals surface area (Å²) in [7, 11) is 1.73. The fraction of sp³-hybridized carbons (Fsp3) is 0.588. The number of hydrogen-bond acceptors (Lipinski definition) is 2. The van der Waals surface area contributed by atoms with Crippen LogP contribution in [0.1, 0.15) is 57.1 Å². The number of amides is 1. The van der Waals surface area contributed by atoms with Gasteiger partial charge in [0, 0.05) is 24.6 Å². The minimum atomic E-state index is -0.376. The van der Waals surface area contributed by atoms with Gasteiger partial charge in [-0.15, -0.1) is 0 Å². The summed E-state index contributed by atoms with van der Waals surface area (Å²) in [6.07, 6.45) is 5.55. The molecule has 1 fully saturated rings. The fourth-order valence-corrected chi connectivity index (χ4v) is 3.10. The first-order valence-electron chi connectivity index (χ1n) is 7.72. The molecule has 1 aromatic rings. The van der Waals surface area contributed by atoms with Crippen LogP contribution in [-0.4, -0.2) is 23.4 Å². The van der Waals surface area contributed by atoms with Crippen molar-refractivity contribution < 1.29 is 9.18 Å². The highest BCUT2D eigenvalue weighted by molar-refractivity contribution is 5.77. The molecule has 21 heavy (non-hydrogen) atoms. The molecule has 1 aromatic carbocycles. The number of nitrogens with two attached hydrogens (primary N) is 1.